The molecule has 2 aromatic rings. The highest BCUT2D eigenvalue weighted by atomic mass is 16.5. The van der Waals surface area contributed by atoms with Crippen LogP contribution >= 0.6 is 0 Å². The number of aldehydes is 1. The molecule has 4 nitrogen and oxygen atoms in total. The Balaban J connectivity index is 2.32. The molecule has 1 unspecified atom stereocenters. The van der Waals surface area contributed by atoms with Crippen molar-refractivity contribution >= 4 is 12.3 Å². The topological polar surface area (TPSA) is 52.6 Å². The standard InChI is InChI=1S/C22H26O4/c1-14(2)20-11-16(6-9-19(20)22(24)26-5)10-15(3)18-8-7-17(13-23)12-21(18)25-4/h6-9,11-15H,10H2,1-5H3. The second kappa shape index (κ2) is 8.65. The predicted octanol–water partition coefficient (Wildman–Crippen LogP) is 4.76. The van der Waals surface area contributed by atoms with Crippen molar-refractivity contribution in [2.45, 2.75) is 39.0 Å². The fraction of sp³-hybridized carbons (Fsp3) is 0.364. The van der Waals surface area contributed by atoms with E-state index >= 15 is 0 Å². The van der Waals surface area contributed by atoms with Crippen molar-refractivity contribution in [2.24, 2.45) is 0 Å². The van der Waals surface area contributed by atoms with E-state index in [0.29, 0.717) is 11.1 Å². The summed E-state index contributed by atoms with van der Waals surface area (Å²) in [7, 11) is 3.01. The number of hydrogen-bond acceptors (Lipinski definition) is 4. The molecule has 0 spiro atoms. The van der Waals surface area contributed by atoms with Crippen LogP contribution < -0.4 is 4.74 Å². The first kappa shape index (κ1) is 19.7. The summed E-state index contributed by atoms with van der Waals surface area (Å²) in [5, 5.41) is 0. The Morgan fingerprint density at radius 3 is 2.35 bits per heavy atom. The Morgan fingerprint density at radius 2 is 1.77 bits per heavy atom. The molecule has 0 aliphatic rings. The van der Waals surface area contributed by atoms with Crippen molar-refractivity contribution < 1.29 is 19.1 Å². The van der Waals surface area contributed by atoms with Gasteiger partial charge in [0.1, 0.15) is 12.0 Å². The number of rotatable bonds is 7. The smallest absolute Gasteiger partial charge is 0.338 e. The van der Waals surface area contributed by atoms with Gasteiger partial charge in [0, 0.05) is 5.56 Å². The van der Waals surface area contributed by atoms with Crippen LogP contribution in [-0.2, 0) is 11.2 Å². The zero-order valence-corrected chi connectivity index (χ0v) is 16.0. The Kier molecular flexibility index (Phi) is 6.56. The van der Waals surface area contributed by atoms with Gasteiger partial charge >= 0.3 is 5.97 Å². The van der Waals surface area contributed by atoms with Gasteiger partial charge in [0.05, 0.1) is 19.8 Å². The maximum absolute atomic E-state index is 12.0. The van der Waals surface area contributed by atoms with E-state index in [2.05, 4.69) is 26.8 Å². The monoisotopic (exact) mass is 354 g/mol. The lowest BCUT2D eigenvalue weighted by molar-refractivity contribution is 0.0599. The third-order valence-electron chi connectivity index (χ3n) is 4.61. The van der Waals surface area contributed by atoms with Gasteiger partial charge < -0.3 is 9.47 Å². The SMILES string of the molecule is COC(=O)c1ccc(CC(C)c2ccc(C=O)cc2OC)cc1C(C)C. The van der Waals surface area contributed by atoms with E-state index in [1.165, 1.54) is 7.11 Å². The molecule has 26 heavy (non-hydrogen) atoms. The van der Waals surface area contributed by atoms with Crippen LogP contribution in [0.1, 0.15) is 70.0 Å². The van der Waals surface area contributed by atoms with Gasteiger partial charge in [0.2, 0.25) is 0 Å². The van der Waals surface area contributed by atoms with Crippen LogP contribution in [0.2, 0.25) is 0 Å². The molecule has 0 aromatic heterocycles. The fourth-order valence-electron chi connectivity index (χ4n) is 3.18. The van der Waals surface area contributed by atoms with E-state index in [-0.39, 0.29) is 17.8 Å². The van der Waals surface area contributed by atoms with E-state index in [0.717, 1.165) is 35.1 Å². The maximum Gasteiger partial charge on any atom is 0.338 e. The number of methoxy groups -OCH3 is 2. The zero-order chi connectivity index (χ0) is 19.3. The average Bonchev–Trinajstić information content (AvgIpc) is 2.66. The van der Waals surface area contributed by atoms with Crippen LogP contribution in [0, 0.1) is 0 Å². The summed E-state index contributed by atoms with van der Waals surface area (Å²) >= 11 is 0. The van der Waals surface area contributed by atoms with E-state index in [9.17, 15) is 9.59 Å². The zero-order valence-electron chi connectivity index (χ0n) is 16.0. The van der Waals surface area contributed by atoms with Crippen molar-refractivity contribution in [1.29, 1.82) is 0 Å². The number of esters is 1. The molecule has 2 rings (SSSR count). The average molecular weight is 354 g/mol. The summed E-state index contributed by atoms with van der Waals surface area (Å²) in [6.45, 7) is 6.26. The first-order chi connectivity index (χ1) is 12.4. The molecule has 0 fully saturated rings. The summed E-state index contributed by atoms with van der Waals surface area (Å²) in [6, 6.07) is 11.4. The molecule has 2 aromatic carbocycles. The number of carbonyl (C=O) groups excluding carboxylic acids is 2. The molecule has 0 radical (unpaired) electrons. The summed E-state index contributed by atoms with van der Waals surface area (Å²) in [5.74, 6) is 0.840. The third-order valence-corrected chi connectivity index (χ3v) is 4.61. The highest BCUT2D eigenvalue weighted by Crippen LogP contribution is 2.31. The fourth-order valence-corrected chi connectivity index (χ4v) is 3.18. The van der Waals surface area contributed by atoms with Crippen LogP contribution in [0.15, 0.2) is 36.4 Å². The largest absolute Gasteiger partial charge is 0.496 e. The molecule has 0 amide bonds. The molecular formula is C22H26O4. The van der Waals surface area contributed by atoms with Gasteiger partial charge in [-0.25, -0.2) is 4.79 Å². The van der Waals surface area contributed by atoms with Gasteiger partial charge in [0.25, 0.3) is 0 Å². The van der Waals surface area contributed by atoms with Crippen LogP contribution in [0.25, 0.3) is 0 Å². The molecule has 0 aliphatic carbocycles. The molecule has 138 valence electrons. The second-order valence-corrected chi connectivity index (χ2v) is 6.79. The molecular weight excluding hydrogens is 328 g/mol. The van der Waals surface area contributed by atoms with E-state index in [1.807, 2.05) is 18.2 Å². The predicted molar refractivity (Wildman–Crippen MR) is 102 cm³/mol. The summed E-state index contributed by atoms with van der Waals surface area (Å²) in [5.41, 5.74) is 4.41. The van der Waals surface area contributed by atoms with Crippen molar-refractivity contribution in [3.05, 3.63) is 64.2 Å². The lowest BCUT2D eigenvalue weighted by atomic mass is 9.89. The first-order valence-electron chi connectivity index (χ1n) is 8.75. The van der Waals surface area contributed by atoms with Gasteiger partial charge in [-0.1, -0.05) is 45.0 Å². The maximum atomic E-state index is 12.0. The van der Waals surface area contributed by atoms with Crippen LogP contribution in [-0.4, -0.2) is 26.5 Å². The minimum atomic E-state index is -0.306. The Labute approximate surface area is 155 Å². The van der Waals surface area contributed by atoms with Gasteiger partial charge in [-0.2, -0.15) is 0 Å². The normalized spacial score (nSPS) is 11.9. The Hall–Kier alpha value is -2.62. The number of carbonyl (C=O) groups is 2. The molecule has 1 atom stereocenters. The van der Waals surface area contributed by atoms with E-state index < -0.39 is 0 Å². The number of ether oxygens (including phenoxy) is 2. The van der Waals surface area contributed by atoms with Crippen LogP contribution in [0.3, 0.4) is 0 Å². The number of hydrogen-bond donors (Lipinski definition) is 0. The lowest BCUT2D eigenvalue weighted by Gasteiger charge is -2.18. The number of benzene rings is 2. The van der Waals surface area contributed by atoms with Gasteiger partial charge in [-0.15, -0.1) is 0 Å². The molecule has 0 heterocycles. The Bertz CT molecular complexity index is 793. The lowest BCUT2D eigenvalue weighted by Crippen LogP contribution is -2.08. The van der Waals surface area contributed by atoms with Crippen molar-refractivity contribution in [2.75, 3.05) is 14.2 Å². The summed E-state index contributed by atoms with van der Waals surface area (Å²) in [6.07, 6.45) is 1.62. The molecule has 0 bridgehead atoms. The molecule has 0 aliphatic heterocycles. The molecule has 0 saturated heterocycles. The summed E-state index contributed by atoms with van der Waals surface area (Å²) < 4.78 is 10.3. The van der Waals surface area contributed by atoms with Crippen molar-refractivity contribution in [1.82, 2.24) is 0 Å². The third kappa shape index (κ3) is 4.31. The molecule has 0 N–H and O–H groups in total. The highest BCUT2D eigenvalue weighted by molar-refractivity contribution is 5.91. The van der Waals surface area contributed by atoms with Crippen LogP contribution in [0.5, 0.6) is 5.75 Å². The van der Waals surface area contributed by atoms with Crippen molar-refractivity contribution in [3.63, 3.8) is 0 Å². The Morgan fingerprint density at radius 1 is 1.04 bits per heavy atom. The molecule has 4 heteroatoms. The van der Waals surface area contributed by atoms with Gasteiger partial charge in [0.15, 0.2) is 0 Å². The quantitative estimate of drug-likeness (QED) is 0.531. The van der Waals surface area contributed by atoms with Crippen LogP contribution in [0.4, 0.5) is 0 Å². The van der Waals surface area contributed by atoms with Gasteiger partial charge in [-0.3, -0.25) is 4.79 Å². The summed E-state index contributed by atoms with van der Waals surface area (Å²) in [4.78, 5) is 22.9. The van der Waals surface area contributed by atoms with E-state index in [1.54, 1.807) is 19.2 Å². The van der Waals surface area contributed by atoms with Crippen molar-refractivity contribution in [3.8, 4) is 5.75 Å². The first-order valence-corrected chi connectivity index (χ1v) is 8.75. The molecule has 0 saturated carbocycles. The minimum absolute atomic E-state index is 0.203. The second-order valence-electron chi connectivity index (χ2n) is 6.79. The highest BCUT2D eigenvalue weighted by Gasteiger charge is 2.17. The minimum Gasteiger partial charge on any atom is -0.496 e. The van der Waals surface area contributed by atoms with E-state index in [4.69, 9.17) is 9.47 Å². The van der Waals surface area contributed by atoms with Gasteiger partial charge in [-0.05, 0) is 47.1 Å².